The van der Waals surface area contributed by atoms with Crippen molar-refractivity contribution in [3.8, 4) is 11.4 Å². The van der Waals surface area contributed by atoms with Crippen LogP contribution in [-0.4, -0.2) is 16.2 Å². The molecule has 82 valence electrons. The van der Waals surface area contributed by atoms with E-state index in [1.54, 1.807) is 6.20 Å². The number of rotatable bonds is 4. The van der Waals surface area contributed by atoms with Crippen molar-refractivity contribution in [1.82, 2.24) is 9.66 Å². The number of imidazole rings is 1. The molecule has 0 fully saturated rings. The fourth-order valence-electron chi connectivity index (χ4n) is 1.62. The molecule has 3 nitrogen and oxygen atoms in total. The molecule has 0 amide bonds. The van der Waals surface area contributed by atoms with E-state index in [4.69, 9.17) is 0 Å². The van der Waals surface area contributed by atoms with Crippen molar-refractivity contribution in [2.75, 3.05) is 12.0 Å². The Balaban J connectivity index is 2.37. The summed E-state index contributed by atoms with van der Waals surface area (Å²) in [6, 6.07) is 8.21. The number of nitrogens with zero attached hydrogens (tertiary/aromatic N) is 2. The average Bonchev–Trinajstić information content (AvgIpc) is 2.75. The minimum Gasteiger partial charge on any atom is -0.321 e. The summed E-state index contributed by atoms with van der Waals surface area (Å²) in [5.41, 5.74) is 5.57. The lowest BCUT2D eigenvalue weighted by atomic mass is 10.1. The smallest absolute Gasteiger partial charge is 0.158 e. The Bertz CT molecular complexity index is 485. The number of nitrogens with one attached hydrogen (secondary N) is 1. The van der Waals surface area contributed by atoms with Crippen LogP contribution in [0.5, 0.6) is 0 Å². The van der Waals surface area contributed by atoms with Crippen molar-refractivity contribution in [1.29, 1.82) is 0 Å². The van der Waals surface area contributed by atoms with Crippen LogP contribution in [0, 0.1) is 6.92 Å². The summed E-state index contributed by atoms with van der Waals surface area (Å²) < 4.78 is 1.92. The van der Waals surface area contributed by atoms with E-state index in [0.29, 0.717) is 0 Å². The highest BCUT2D eigenvalue weighted by molar-refractivity contribution is 5.60. The number of hydrogen-bond acceptors (Lipinski definition) is 2. The lowest BCUT2D eigenvalue weighted by Crippen LogP contribution is -2.14. The maximum atomic E-state index is 4.37. The monoisotopic (exact) mass is 213 g/mol. The molecule has 2 aromatic rings. The molecule has 0 bridgehead atoms. The predicted octanol–water partition coefficient (Wildman–Crippen LogP) is 2.59. The molecule has 0 saturated heterocycles. The van der Waals surface area contributed by atoms with E-state index in [-0.39, 0.29) is 0 Å². The van der Waals surface area contributed by atoms with Crippen molar-refractivity contribution in [2.24, 2.45) is 0 Å². The number of benzene rings is 1. The van der Waals surface area contributed by atoms with Gasteiger partial charge in [-0.1, -0.05) is 30.3 Å². The van der Waals surface area contributed by atoms with Gasteiger partial charge in [0, 0.05) is 24.5 Å². The Morgan fingerprint density at radius 2 is 2.25 bits per heavy atom. The minimum atomic E-state index is 0.718. The molecule has 0 aliphatic carbocycles. The highest BCUT2D eigenvalue weighted by atomic mass is 15.4. The first-order chi connectivity index (χ1) is 7.83. The lowest BCUT2D eigenvalue weighted by Gasteiger charge is -2.10. The largest absolute Gasteiger partial charge is 0.321 e. The van der Waals surface area contributed by atoms with E-state index in [1.807, 2.05) is 29.1 Å². The second-order valence-electron chi connectivity index (χ2n) is 3.59. The molecule has 1 aromatic heterocycles. The number of aryl methyl sites for hydroxylation is 1. The SMILES string of the molecule is C=CCNn1ccnc1-c1ccccc1C. The quantitative estimate of drug-likeness (QED) is 0.791. The van der Waals surface area contributed by atoms with Crippen molar-refractivity contribution in [3.05, 3.63) is 54.9 Å². The molecule has 16 heavy (non-hydrogen) atoms. The molecule has 1 heterocycles. The van der Waals surface area contributed by atoms with Gasteiger partial charge in [-0.2, -0.15) is 0 Å². The van der Waals surface area contributed by atoms with Gasteiger partial charge in [-0.25, -0.2) is 9.66 Å². The third-order valence-corrected chi connectivity index (χ3v) is 2.43. The molecule has 0 atom stereocenters. The maximum Gasteiger partial charge on any atom is 0.158 e. The Morgan fingerprint density at radius 1 is 1.44 bits per heavy atom. The molecule has 0 saturated carbocycles. The van der Waals surface area contributed by atoms with Gasteiger partial charge in [0.05, 0.1) is 0 Å². The molecule has 3 heteroatoms. The zero-order valence-electron chi connectivity index (χ0n) is 9.35. The number of hydrogen-bond donors (Lipinski definition) is 1. The van der Waals surface area contributed by atoms with E-state index in [1.165, 1.54) is 5.56 Å². The van der Waals surface area contributed by atoms with E-state index < -0.39 is 0 Å². The molecule has 2 rings (SSSR count). The van der Waals surface area contributed by atoms with Gasteiger partial charge >= 0.3 is 0 Å². The fraction of sp³-hybridized carbons (Fsp3) is 0.154. The van der Waals surface area contributed by atoms with E-state index >= 15 is 0 Å². The highest BCUT2D eigenvalue weighted by Crippen LogP contribution is 2.20. The van der Waals surface area contributed by atoms with Crippen LogP contribution in [0.4, 0.5) is 0 Å². The first-order valence-electron chi connectivity index (χ1n) is 5.27. The molecule has 1 N–H and O–H groups in total. The van der Waals surface area contributed by atoms with Crippen molar-refractivity contribution in [3.63, 3.8) is 0 Å². The Kier molecular flexibility index (Phi) is 3.05. The summed E-state index contributed by atoms with van der Waals surface area (Å²) in [6.07, 6.45) is 5.52. The minimum absolute atomic E-state index is 0.718. The summed E-state index contributed by atoms with van der Waals surface area (Å²) in [6.45, 7) is 6.49. The van der Waals surface area contributed by atoms with Gasteiger partial charge in [0.25, 0.3) is 0 Å². The van der Waals surface area contributed by atoms with Gasteiger partial charge in [0.2, 0.25) is 0 Å². The van der Waals surface area contributed by atoms with Crippen LogP contribution in [-0.2, 0) is 0 Å². The predicted molar refractivity (Wildman–Crippen MR) is 66.8 cm³/mol. The third-order valence-electron chi connectivity index (χ3n) is 2.43. The van der Waals surface area contributed by atoms with E-state index in [0.717, 1.165) is 17.9 Å². The Hall–Kier alpha value is -2.03. The molecule has 0 aliphatic rings. The molecular formula is C13H15N3. The van der Waals surface area contributed by atoms with Gasteiger partial charge in [0.15, 0.2) is 5.82 Å². The van der Waals surface area contributed by atoms with Gasteiger partial charge in [-0.15, -0.1) is 6.58 Å². The molecule has 0 spiro atoms. The summed E-state index contributed by atoms with van der Waals surface area (Å²) in [4.78, 5) is 4.37. The van der Waals surface area contributed by atoms with Crippen molar-refractivity contribution < 1.29 is 0 Å². The summed E-state index contributed by atoms with van der Waals surface area (Å²) in [5, 5.41) is 0. The van der Waals surface area contributed by atoms with Gasteiger partial charge < -0.3 is 5.43 Å². The standard InChI is InChI=1S/C13H15N3/c1-3-8-15-16-10-9-14-13(16)12-7-5-4-6-11(12)2/h3-7,9-10,15H,1,8H2,2H3. The van der Waals surface area contributed by atoms with Gasteiger partial charge in [-0.3, -0.25) is 0 Å². The molecule has 0 unspecified atom stereocenters. The highest BCUT2D eigenvalue weighted by Gasteiger charge is 2.06. The van der Waals surface area contributed by atoms with E-state index in [9.17, 15) is 0 Å². The zero-order chi connectivity index (χ0) is 11.4. The molecule has 0 radical (unpaired) electrons. The second kappa shape index (κ2) is 4.66. The summed E-state index contributed by atoms with van der Waals surface area (Å²) in [5.74, 6) is 0.931. The van der Waals surface area contributed by atoms with Crippen molar-refractivity contribution in [2.45, 2.75) is 6.92 Å². The molecular weight excluding hydrogens is 198 g/mol. The summed E-state index contributed by atoms with van der Waals surface area (Å²) >= 11 is 0. The van der Waals surface area contributed by atoms with Crippen LogP contribution in [0.15, 0.2) is 49.3 Å². The van der Waals surface area contributed by atoms with Crippen molar-refractivity contribution >= 4 is 0 Å². The Labute approximate surface area is 95.4 Å². The van der Waals surface area contributed by atoms with Crippen LogP contribution in [0.2, 0.25) is 0 Å². The normalized spacial score (nSPS) is 10.1. The first kappa shape index (κ1) is 10.5. The fourth-order valence-corrected chi connectivity index (χ4v) is 1.62. The first-order valence-corrected chi connectivity index (χ1v) is 5.27. The average molecular weight is 213 g/mol. The second-order valence-corrected chi connectivity index (χ2v) is 3.59. The van der Waals surface area contributed by atoms with Crippen LogP contribution >= 0.6 is 0 Å². The zero-order valence-corrected chi connectivity index (χ0v) is 9.35. The van der Waals surface area contributed by atoms with Crippen LogP contribution in [0.3, 0.4) is 0 Å². The van der Waals surface area contributed by atoms with Gasteiger partial charge in [-0.05, 0) is 12.5 Å². The molecule has 0 aliphatic heterocycles. The third kappa shape index (κ3) is 1.98. The molecule has 1 aromatic carbocycles. The maximum absolute atomic E-state index is 4.37. The number of aromatic nitrogens is 2. The Morgan fingerprint density at radius 3 is 3.00 bits per heavy atom. The van der Waals surface area contributed by atoms with Crippen LogP contribution in [0.1, 0.15) is 5.56 Å². The summed E-state index contributed by atoms with van der Waals surface area (Å²) in [7, 11) is 0. The topological polar surface area (TPSA) is 29.9 Å². The lowest BCUT2D eigenvalue weighted by molar-refractivity contribution is 0.897. The van der Waals surface area contributed by atoms with Gasteiger partial charge in [0.1, 0.15) is 0 Å². The van der Waals surface area contributed by atoms with Crippen LogP contribution in [0.25, 0.3) is 11.4 Å². The van der Waals surface area contributed by atoms with E-state index in [2.05, 4.69) is 36.0 Å². The van der Waals surface area contributed by atoms with Crippen LogP contribution < -0.4 is 5.43 Å².